The summed E-state index contributed by atoms with van der Waals surface area (Å²) in [7, 11) is 2.09. The molecule has 0 unspecified atom stereocenters. The van der Waals surface area contributed by atoms with Crippen molar-refractivity contribution in [2.75, 3.05) is 38.1 Å². The Kier molecular flexibility index (Phi) is 4.82. The molecule has 2 rings (SSSR count). The lowest BCUT2D eigenvalue weighted by atomic mass is 10.4. The third-order valence-electron chi connectivity index (χ3n) is 3.10. The lowest BCUT2D eigenvalue weighted by Crippen LogP contribution is -2.31. The van der Waals surface area contributed by atoms with E-state index < -0.39 is 0 Å². The van der Waals surface area contributed by atoms with Gasteiger partial charge in [-0.2, -0.15) is 0 Å². The Morgan fingerprint density at radius 3 is 2.71 bits per heavy atom. The Hall–Kier alpha value is -0.130. The van der Waals surface area contributed by atoms with Crippen molar-refractivity contribution in [2.45, 2.75) is 12.8 Å². The van der Waals surface area contributed by atoms with Crippen molar-refractivity contribution in [1.82, 2.24) is 9.88 Å². The number of nitrogens with zero attached hydrogens (tertiary/aromatic N) is 3. The molecule has 94 valence electrons. The molecule has 1 aliphatic rings. The average Bonchev–Trinajstić information content (AvgIpc) is 2.78. The van der Waals surface area contributed by atoms with E-state index in [2.05, 4.69) is 53.7 Å². The van der Waals surface area contributed by atoms with E-state index >= 15 is 0 Å². The van der Waals surface area contributed by atoms with Crippen LogP contribution in [0, 0.1) is 0 Å². The van der Waals surface area contributed by atoms with Crippen LogP contribution in [0.25, 0.3) is 0 Å². The van der Waals surface area contributed by atoms with Crippen molar-refractivity contribution in [3.05, 3.63) is 21.2 Å². The van der Waals surface area contributed by atoms with Gasteiger partial charge in [-0.3, -0.25) is 0 Å². The zero-order chi connectivity index (χ0) is 12.3. The Labute approximate surface area is 119 Å². The minimum atomic E-state index is 1.00. The highest BCUT2D eigenvalue weighted by Crippen LogP contribution is 2.25. The monoisotopic (exact) mass is 361 g/mol. The molecule has 1 saturated heterocycles. The topological polar surface area (TPSA) is 19.4 Å². The summed E-state index contributed by atoms with van der Waals surface area (Å²) in [6.45, 7) is 4.65. The van der Waals surface area contributed by atoms with Gasteiger partial charge in [0.15, 0.2) is 0 Å². The van der Waals surface area contributed by atoms with Crippen LogP contribution in [0.5, 0.6) is 0 Å². The molecule has 1 aromatic rings. The zero-order valence-corrected chi connectivity index (χ0v) is 13.2. The molecule has 3 nitrogen and oxygen atoms in total. The van der Waals surface area contributed by atoms with Crippen LogP contribution >= 0.6 is 31.9 Å². The first kappa shape index (κ1) is 13.3. The third kappa shape index (κ3) is 3.66. The van der Waals surface area contributed by atoms with Gasteiger partial charge < -0.3 is 9.80 Å². The molecule has 5 heteroatoms. The van der Waals surface area contributed by atoms with Crippen LogP contribution in [0.1, 0.15) is 12.8 Å². The molecule has 0 atom stereocenters. The number of hydrogen-bond donors (Lipinski definition) is 0. The zero-order valence-electron chi connectivity index (χ0n) is 9.99. The summed E-state index contributed by atoms with van der Waals surface area (Å²) < 4.78 is 2.04. The van der Waals surface area contributed by atoms with E-state index in [1.165, 1.54) is 25.9 Å². The minimum Gasteiger partial charge on any atom is -0.357 e. The lowest BCUT2D eigenvalue weighted by molar-refractivity contribution is 0.346. The Morgan fingerprint density at radius 1 is 1.35 bits per heavy atom. The summed E-state index contributed by atoms with van der Waals surface area (Å²) in [6, 6.07) is 2.04. The van der Waals surface area contributed by atoms with Gasteiger partial charge in [-0.15, -0.1) is 0 Å². The highest BCUT2D eigenvalue weighted by Gasteiger charge is 2.13. The quantitative estimate of drug-likeness (QED) is 0.820. The minimum absolute atomic E-state index is 1.00. The van der Waals surface area contributed by atoms with Crippen molar-refractivity contribution in [1.29, 1.82) is 0 Å². The van der Waals surface area contributed by atoms with E-state index in [1.807, 2.05) is 12.3 Å². The van der Waals surface area contributed by atoms with E-state index in [9.17, 15) is 0 Å². The van der Waals surface area contributed by atoms with E-state index in [0.717, 1.165) is 27.9 Å². The molecule has 17 heavy (non-hydrogen) atoms. The van der Waals surface area contributed by atoms with Gasteiger partial charge in [0.2, 0.25) is 0 Å². The van der Waals surface area contributed by atoms with Crippen LogP contribution in [-0.2, 0) is 0 Å². The SMILES string of the molecule is CN(CCN1CCCC1)c1ncc(Br)cc1Br. The normalized spacial score (nSPS) is 16.4. The molecular weight excluding hydrogens is 346 g/mol. The van der Waals surface area contributed by atoms with Crippen LogP contribution in [0.3, 0.4) is 0 Å². The second kappa shape index (κ2) is 6.16. The Bertz CT molecular complexity index is 378. The summed E-state index contributed by atoms with van der Waals surface area (Å²) in [5.74, 6) is 1.01. The average molecular weight is 363 g/mol. The smallest absolute Gasteiger partial charge is 0.142 e. The predicted molar refractivity (Wildman–Crippen MR) is 78.6 cm³/mol. The number of aromatic nitrogens is 1. The molecule has 0 aromatic carbocycles. The van der Waals surface area contributed by atoms with Gasteiger partial charge in [-0.1, -0.05) is 0 Å². The first-order valence-corrected chi connectivity index (χ1v) is 7.50. The van der Waals surface area contributed by atoms with Gasteiger partial charge in [-0.25, -0.2) is 4.98 Å². The highest BCUT2D eigenvalue weighted by atomic mass is 79.9. The van der Waals surface area contributed by atoms with Gasteiger partial charge in [-0.05, 0) is 63.9 Å². The number of likely N-dealkylation sites (N-methyl/N-ethyl adjacent to an activating group) is 1. The second-order valence-electron chi connectivity index (χ2n) is 4.43. The number of hydrogen-bond acceptors (Lipinski definition) is 3. The number of pyridine rings is 1. The van der Waals surface area contributed by atoms with Crippen LogP contribution in [-0.4, -0.2) is 43.1 Å². The van der Waals surface area contributed by atoms with Gasteiger partial charge in [0.1, 0.15) is 5.82 Å². The lowest BCUT2D eigenvalue weighted by Gasteiger charge is -2.23. The number of anilines is 1. The molecule has 0 amide bonds. The molecule has 0 saturated carbocycles. The Balaban J connectivity index is 1.91. The predicted octanol–water partition coefficient (Wildman–Crippen LogP) is 3.14. The van der Waals surface area contributed by atoms with Crippen LogP contribution < -0.4 is 4.90 Å². The van der Waals surface area contributed by atoms with Crippen molar-refractivity contribution in [3.8, 4) is 0 Å². The van der Waals surface area contributed by atoms with Crippen molar-refractivity contribution >= 4 is 37.7 Å². The van der Waals surface area contributed by atoms with Crippen molar-refractivity contribution in [3.63, 3.8) is 0 Å². The van der Waals surface area contributed by atoms with Crippen molar-refractivity contribution < 1.29 is 0 Å². The van der Waals surface area contributed by atoms with E-state index in [1.54, 1.807) is 0 Å². The molecule has 0 aliphatic carbocycles. The second-order valence-corrected chi connectivity index (χ2v) is 6.20. The first-order valence-electron chi connectivity index (χ1n) is 5.91. The van der Waals surface area contributed by atoms with Crippen LogP contribution in [0.4, 0.5) is 5.82 Å². The van der Waals surface area contributed by atoms with Crippen LogP contribution in [0.2, 0.25) is 0 Å². The molecule has 2 heterocycles. The molecule has 1 aromatic heterocycles. The molecule has 0 bridgehead atoms. The summed E-state index contributed by atoms with van der Waals surface area (Å²) in [6.07, 6.45) is 4.54. The fraction of sp³-hybridized carbons (Fsp3) is 0.583. The van der Waals surface area contributed by atoms with Gasteiger partial charge in [0.25, 0.3) is 0 Å². The number of halogens is 2. The molecule has 0 spiro atoms. The Morgan fingerprint density at radius 2 is 2.06 bits per heavy atom. The maximum atomic E-state index is 4.44. The third-order valence-corrected chi connectivity index (χ3v) is 4.12. The summed E-state index contributed by atoms with van der Waals surface area (Å²) in [5, 5.41) is 0. The van der Waals surface area contributed by atoms with Gasteiger partial charge in [0.05, 0.1) is 4.47 Å². The fourth-order valence-corrected chi connectivity index (χ4v) is 3.38. The first-order chi connectivity index (χ1) is 8.16. The summed E-state index contributed by atoms with van der Waals surface area (Å²) in [4.78, 5) is 9.16. The maximum absolute atomic E-state index is 4.44. The molecule has 0 N–H and O–H groups in total. The highest BCUT2D eigenvalue weighted by molar-refractivity contribution is 9.11. The van der Waals surface area contributed by atoms with E-state index in [4.69, 9.17) is 0 Å². The van der Waals surface area contributed by atoms with Gasteiger partial charge >= 0.3 is 0 Å². The summed E-state index contributed by atoms with van der Waals surface area (Å²) >= 11 is 6.97. The fourth-order valence-electron chi connectivity index (χ4n) is 2.09. The molecular formula is C12H17Br2N3. The molecule has 0 radical (unpaired) electrons. The standard InChI is InChI=1S/C12H17Br2N3/c1-16(6-7-17-4-2-3-5-17)12-11(14)8-10(13)9-15-12/h8-9H,2-7H2,1H3. The number of likely N-dealkylation sites (tertiary alicyclic amines) is 1. The van der Waals surface area contributed by atoms with Gasteiger partial charge in [0, 0.05) is 30.8 Å². The molecule has 1 fully saturated rings. The summed E-state index contributed by atoms with van der Waals surface area (Å²) in [5.41, 5.74) is 0. The van der Waals surface area contributed by atoms with E-state index in [0.29, 0.717) is 0 Å². The van der Waals surface area contributed by atoms with E-state index in [-0.39, 0.29) is 0 Å². The van der Waals surface area contributed by atoms with Crippen molar-refractivity contribution in [2.24, 2.45) is 0 Å². The number of rotatable bonds is 4. The maximum Gasteiger partial charge on any atom is 0.142 e. The van der Waals surface area contributed by atoms with Crippen LogP contribution in [0.15, 0.2) is 21.2 Å². The molecule has 1 aliphatic heterocycles. The largest absolute Gasteiger partial charge is 0.357 e.